The second-order valence-corrected chi connectivity index (χ2v) is 12.9. The number of nitrogens with zero attached hydrogens (tertiary/aromatic N) is 1. The summed E-state index contributed by atoms with van der Waals surface area (Å²) in [6, 6.07) is 15.0. The SMILES string of the molecule is COC(=O)c1c(O)cccc1OCCNC(=O)C(Cc1ccc(C2CC(=O)[N+]([O-])(O)S2)c(Cl)c1)NS(=O)(=O)c1ccccc1. The van der Waals surface area contributed by atoms with E-state index in [2.05, 4.69) is 14.8 Å². The second-order valence-electron chi connectivity index (χ2n) is 9.54. The van der Waals surface area contributed by atoms with Crippen molar-refractivity contribution in [1.29, 1.82) is 0 Å². The Balaban J connectivity index is 1.49. The summed E-state index contributed by atoms with van der Waals surface area (Å²) in [6.45, 7) is -0.234. The van der Waals surface area contributed by atoms with Gasteiger partial charge in [-0.2, -0.15) is 9.93 Å². The number of ether oxygens (including phenoxy) is 2. The summed E-state index contributed by atoms with van der Waals surface area (Å²) in [6.07, 6.45) is -0.354. The Hall–Kier alpha value is -3.70. The van der Waals surface area contributed by atoms with Crippen LogP contribution < -0.4 is 14.8 Å². The maximum atomic E-state index is 13.3. The molecule has 44 heavy (non-hydrogen) atoms. The number of amides is 2. The smallest absolute Gasteiger partial charge is 0.359 e. The molecule has 0 saturated carbocycles. The van der Waals surface area contributed by atoms with E-state index in [1.165, 1.54) is 48.5 Å². The molecule has 0 aromatic heterocycles. The van der Waals surface area contributed by atoms with E-state index in [9.17, 15) is 38.3 Å². The van der Waals surface area contributed by atoms with Gasteiger partial charge in [0, 0.05) is 5.02 Å². The Bertz CT molecular complexity index is 1650. The van der Waals surface area contributed by atoms with Gasteiger partial charge in [-0.3, -0.25) is 4.79 Å². The van der Waals surface area contributed by atoms with Crippen LogP contribution >= 0.6 is 23.5 Å². The molecule has 3 aromatic carbocycles. The predicted octanol–water partition coefficient (Wildman–Crippen LogP) is 3.24. The van der Waals surface area contributed by atoms with Crippen LogP contribution in [0.1, 0.15) is 33.2 Å². The van der Waals surface area contributed by atoms with Crippen LogP contribution in [0.5, 0.6) is 11.5 Å². The first kappa shape index (κ1) is 33.2. The maximum Gasteiger partial charge on any atom is 0.359 e. The normalized spacial score (nSPS) is 18.9. The van der Waals surface area contributed by atoms with Gasteiger partial charge in [0.25, 0.3) is 0 Å². The number of phenolic OH excluding ortho intramolecular Hbond substituents is 1. The number of rotatable bonds is 12. The van der Waals surface area contributed by atoms with Crippen molar-refractivity contribution in [1.82, 2.24) is 10.0 Å². The van der Waals surface area contributed by atoms with Gasteiger partial charge in [0.05, 0.1) is 25.0 Å². The van der Waals surface area contributed by atoms with Crippen molar-refractivity contribution in [2.75, 3.05) is 20.3 Å². The van der Waals surface area contributed by atoms with E-state index in [-0.39, 0.29) is 53.0 Å². The number of halogens is 1. The summed E-state index contributed by atoms with van der Waals surface area (Å²) in [5.41, 5.74) is 0.712. The third kappa shape index (κ3) is 7.87. The number of benzene rings is 3. The number of hydroxylamine groups is 2. The number of quaternary nitrogens is 1. The molecule has 13 nitrogen and oxygen atoms in total. The number of hydrogen-bond donors (Lipinski definition) is 4. The van der Waals surface area contributed by atoms with E-state index in [1.807, 2.05) is 0 Å². The van der Waals surface area contributed by atoms with Crippen LogP contribution in [-0.2, 0) is 30.8 Å². The zero-order valence-electron chi connectivity index (χ0n) is 23.1. The monoisotopic (exact) mass is 665 g/mol. The summed E-state index contributed by atoms with van der Waals surface area (Å²) >= 11 is 6.92. The third-order valence-electron chi connectivity index (χ3n) is 6.52. The largest absolute Gasteiger partial charge is 0.579 e. The van der Waals surface area contributed by atoms with Gasteiger partial charge in [0.15, 0.2) is 0 Å². The fourth-order valence-electron chi connectivity index (χ4n) is 4.35. The number of phenols is 1. The number of sulfonamides is 1. The molecule has 0 radical (unpaired) electrons. The van der Waals surface area contributed by atoms with Crippen molar-refractivity contribution in [3.8, 4) is 11.5 Å². The van der Waals surface area contributed by atoms with Crippen molar-refractivity contribution in [2.45, 2.75) is 29.0 Å². The average molecular weight is 666 g/mol. The zero-order chi connectivity index (χ0) is 32.1. The van der Waals surface area contributed by atoms with Crippen LogP contribution in [0.2, 0.25) is 5.02 Å². The number of aromatic hydroxyl groups is 1. The van der Waals surface area contributed by atoms with E-state index in [0.717, 1.165) is 7.11 Å². The lowest BCUT2D eigenvalue weighted by molar-refractivity contribution is -0.880. The fourth-order valence-corrected chi connectivity index (χ4v) is 7.04. The van der Waals surface area contributed by atoms with E-state index < -0.39 is 43.3 Å². The Morgan fingerprint density at radius 1 is 1.16 bits per heavy atom. The van der Waals surface area contributed by atoms with Gasteiger partial charge in [-0.1, -0.05) is 52.2 Å². The van der Waals surface area contributed by atoms with Gasteiger partial charge in [-0.25, -0.2) is 18.0 Å². The Morgan fingerprint density at radius 3 is 2.52 bits per heavy atom. The molecular formula is C28H28ClN3O10S2. The molecule has 0 bridgehead atoms. The summed E-state index contributed by atoms with van der Waals surface area (Å²) < 4.78 is 36.8. The standard InChI is InChI=1S/C28H28ClN3O10S2/c1-41-28(36)26-22(33)8-5-9-23(26)42-13-12-30-27(35)21(31-44(39,40)18-6-3-2-4-7-18)15-17-10-11-19(20(29)14-17)24-16-25(34)32(37,38)43-24/h2-11,14,21,24,31,33,37H,12-13,15-16H2,1H3,(H,30,35). The molecule has 4 rings (SSSR count). The number of nitrogens with one attached hydrogen (secondary N) is 2. The summed E-state index contributed by atoms with van der Waals surface area (Å²) in [4.78, 5) is 37.0. The Labute approximate surface area is 262 Å². The number of methoxy groups -OCH3 is 1. The molecule has 16 heteroatoms. The van der Waals surface area contributed by atoms with Gasteiger partial charge in [0.1, 0.15) is 46.9 Å². The average Bonchev–Trinajstić information content (AvgIpc) is 3.26. The molecule has 1 fully saturated rings. The molecule has 1 saturated heterocycles. The van der Waals surface area contributed by atoms with Crippen molar-refractivity contribution in [2.24, 2.45) is 0 Å². The molecule has 3 aromatic rings. The van der Waals surface area contributed by atoms with E-state index >= 15 is 0 Å². The van der Waals surface area contributed by atoms with Crippen LogP contribution in [0.3, 0.4) is 0 Å². The zero-order valence-corrected chi connectivity index (χ0v) is 25.5. The highest BCUT2D eigenvalue weighted by Gasteiger charge is 2.44. The van der Waals surface area contributed by atoms with Crippen LogP contribution in [0.15, 0.2) is 71.6 Å². The molecule has 0 spiro atoms. The lowest BCUT2D eigenvalue weighted by atomic mass is 10.0. The Morgan fingerprint density at radius 2 is 1.89 bits per heavy atom. The second kappa shape index (κ2) is 13.9. The minimum Gasteiger partial charge on any atom is -0.579 e. The molecule has 4 N–H and O–H groups in total. The number of carbonyl (C=O) groups is 3. The summed E-state index contributed by atoms with van der Waals surface area (Å²) in [7, 11) is -2.98. The molecular weight excluding hydrogens is 638 g/mol. The molecule has 2 amide bonds. The molecule has 3 atom stereocenters. The first-order valence-corrected chi connectivity index (χ1v) is 15.7. The number of hydrogen-bond acceptors (Lipinski definition) is 11. The first-order valence-electron chi connectivity index (χ1n) is 13.0. The van der Waals surface area contributed by atoms with Crippen molar-refractivity contribution >= 4 is 51.4 Å². The van der Waals surface area contributed by atoms with Gasteiger partial charge in [-0.05, 0) is 47.9 Å². The summed E-state index contributed by atoms with van der Waals surface area (Å²) in [5, 5.41) is 33.6. The van der Waals surface area contributed by atoms with Crippen molar-refractivity contribution in [3.05, 3.63) is 93.7 Å². The van der Waals surface area contributed by atoms with Gasteiger partial charge < -0.3 is 25.1 Å². The van der Waals surface area contributed by atoms with Crippen molar-refractivity contribution < 1.29 is 46.8 Å². The lowest BCUT2D eigenvalue weighted by Gasteiger charge is -2.22. The van der Waals surface area contributed by atoms with Crippen LogP contribution in [0.25, 0.3) is 0 Å². The van der Waals surface area contributed by atoms with Crippen LogP contribution in [0.4, 0.5) is 0 Å². The number of esters is 1. The third-order valence-corrected chi connectivity index (χ3v) is 9.50. The predicted molar refractivity (Wildman–Crippen MR) is 159 cm³/mol. The molecule has 3 unspecified atom stereocenters. The number of carbonyl (C=O) groups excluding carboxylic acids is 3. The topological polar surface area (TPSA) is 191 Å². The fraction of sp³-hybridized carbons (Fsp3) is 0.250. The van der Waals surface area contributed by atoms with Crippen LogP contribution in [-0.4, -0.2) is 67.0 Å². The molecule has 1 heterocycles. The highest BCUT2D eigenvalue weighted by Crippen LogP contribution is 2.47. The molecule has 1 aliphatic heterocycles. The first-order chi connectivity index (χ1) is 20.8. The molecule has 1 aliphatic rings. The highest BCUT2D eigenvalue weighted by atomic mass is 35.5. The van der Waals surface area contributed by atoms with Crippen LogP contribution in [0, 0.1) is 5.21 Å². The van der Waals surface area contributed by atoms with E-state index in [0.29, 0.717) is 23.1 Å². The van der Waals surface area contributed by atoms with Gasteiger partial charge in [0.2, 0.25) is 15.9 Å². The summed E-state index contributed by atoms with van der Waals surface area (Å²) in [5.74, 6) is -2.74. The minimum atomic E-state index is -4.13. The lowest BCUT2D eigenvalue weighted by Crippen LogP contribution is -2.48. The molecule has 234 valence electrons. The molecule has 0 aliphatic carbocycles. The Kier molecular flexibility index (Phi) is 10.5. The van der Waals surface area contributed by atoms with Gasteiger partial charge >= 0.3 is 11.9 Å². The maximum absolute atomic E-state index is 13.3. The van der Waals surface area contributed by atoms with Crippen molar-refractivity contribution in [3.63, 3.8) is 0 Å². The van der Waals surface area contributed by atoms with Gasteiger partial charge in [-0.15, -0.1) is 0 Å². The highest BCUT2D eigenvalue weighted by molar-refractivity contribution is 7.94. The quantitative estimate of drug-likeness (QED) is 0.0554. The van der Waals surface area contributed by atoms with E-state index in [1.54, 1.807) is 18.2 Å². The minimum absolute atomic E-state index is 0.0264. The van der Waals surface area contributed by atoms with E-state index in [4.69, 9.17) is 16.3 Å².